The lowest BCUT2D eigenvalue weighted by molar-refractivity contribution is -0.385. The number of aliphatic hydroxyl groups excluding tert-OH is 1. The molecule has 0 spiro atoms. The van der Waals surface area contributed by atoms with Crippen molar-refractivity contribution >= 4 is 28.7 Å². The summed E-state index contributed by atoms with van der Waals surface area (Å²) in [6, 6.07) is 4.96. The molecule has 3 heterocycles. The Morgan fingerprint density at radius 1 is 1.26 bits per heavy atom. The predicted molar refractivity (Wildman–Crippen MR) is 125 cm³/mol. The number of thiazole rings is 1. The van der Waals surface area contributed by atoms with Crippen molar-refractivity contribution in [1.29, 1.82) is 0 Å². The van der Waals surface area contributed by atoms with Crippen molar-refractivity contribution in [2.45, 2.75) is 26.3 Å². The van der Waals surface area contributed by atoms with Gasteiger partial charge in [-0.2, -0.15) is 0 Å². The highest BCUT2D eigenvalue weighted by molar-refractivity contribution is 7.14. The summed E-state index contributed by atoms with van der Waals surface area (Å²) in [5, 5.41) is 23.3. The summed E-state index contributed by atoms with van der Waals surface area (Å²) in [5.74, 6) is -1.90. The van der Waals surface area contributed by atoms with E-state index in [9.17, 15) is 24.8 Å². The molecule has 0 aliphatic carbocycles. The Kier molecular flexibility index (Phi) is 7.05. The number of benzene rings is 1. The number of aliphatic hydroxyl groups is 1. The maximum absolute atomic E-state index is 13.6. The second-order valence-corrected chi connectivity index (χ2v) is 9.47. The van der Waals surface area contributed by atoms with Gasteiger partial charge in [0, 0.05) is 32.2 Å². The summed E-state index contributed by atoms with van der Waals surface area (Å²) < 4.78 is 5.36. The summed E-state index contributed by atoms with van der Waals surface area (Å²) in [7, 11) is 0. The molecule has 10 nitrogen and oxygen atoms in total. The Labute approximate surface area is 200 Å². The zero-order chi connectivity index (χ0) is 24.4. The lowest BCUT2D eigenvalue weighted by Gasteiger charge is -2.29. The van der Waals surface area contributed by atoms with Crippen LogP contribution < -0.4 is 0 Å². The fourth-order valence-electron chi connectivity index (χ4n) is 4.48. The molecule has 4 rings (SSSR count). The third-order valence-corrected chi connectivity index (χ3v) is 7.13. The molecular formula is C23H26N4O6S. The highest BCUT2D eigenvalue weighted by Crippen LogP contribution is 2.43. The first kappa shape index (κ1) is 24.0. The van der Waals surface area contributed by atoms with E-state index in [1.807, 2.05) is 0 Å². The molecule has 1 aromatic carbocycles. The van der Waals surface area contributed by atoms with Gasteiger partial charge in [0.1, 0.15) is 0 Å². The molecule has 1 unspecified atom stereocenters. The molecule has 1 amide bonds. The molecule has 1 fully saturated rings. The number of carbonyl (C=O) groups excluding carboxylic acids is 2. The van der Waals surface area contributed by atoms with Gasteiger partial charge in [-0.1, -0.05) is 12.1 Å². The minimum Gasteiger partial charge on any atom is -0.503 e. The maximum atomic E-state index is 13.6. The highest BCUT2D eigenvalue weighted by atomic mass is 32.1. The van der Waals surface area contributed by atoms with Crippen LogP contribution in [0.25, 0.3) is 0 Å². The van der Waals surface area contributed by atoms with Crippen LogP contribution in [0.1, 0.15) is 38.4 Å². The molecule has 1 aromatic heterocycles. The van der Waals surface area contributed by atoms with Gasteiger partial charge in [-0.05, 0) is 26.3 Å². The number of carbonyl (C=O) groups is 2. The van der Waals surface area contributed by atoms with Crippen LogP contribution in [0.4, 0.5) is 5.69 Å². The molecule has 34 heavy (non-hydrogen) atoms. The number of hydrogen-bond donors (Lipinski definition) is 1. The molecule has 0 radical (unpaired) electrons. The van der Waals surface area contributed by atoms with Crippen LogP contribution in [-0.2, 0) is 9.53 Å². The average Bonchev–Trinajstić information content (AvgIpc) is 3.29. The van der Waals surface area contributed by atoms with Gasteiger partial charge in [-0.15, -0.1) is 11.3 Å². The average molecular weight is 487 g/mol. The lowest BCUT2D eigenvalue weighted by Crippen LogP contribution is -2.39. The van der Waals surface area contributed by atoms with Crippen molar-refractivity contribution < 1.29 is 24.4 Å². The highest BCUT2D eigenvalue weighted by Gasteiger charge is 2.46. The number of nitro benzene ring substituents is 1. The number of ether oxygens (including phenoxy) is 1. The molecule has 1 N–H and O–H groups in total. The zero-order valence-corrected chi connectivity index (χ0v) is 19.8. The third-order valence-electron chi connectivity index (χ3n) is 6.06. The number of ketones is 1. The first-order valence-electron chi connectivity index (χ1n) is 11.1. The number of morpholine rings is 1. The number of rotatable bonds is 8. The molecule has 0 saturated carbocycles. The maximum Gasteiger partial charge on any atom is 0.290 e. The number of Topliss-reactive ketones (excluding diaryl/α,β-unsaturated/α-hetero) is 1. The molecule has 2 aromatic rings. The second kappa shape index (κ2) is 10.00. The monoisotopic (exact) mass is 486 g/mol. The number of para-hydroxylation sites is 1. The van der Waals surface area contributed by atoms with Gasteiger partial charge in [0.25, 0.3) is 11.6 Å². The van der Waals surface area contributed by atoms with Crippen molar-refractivity contribution in [3.8, 4) is 0 Å². The number of nitro groups is 1. The molecule has 0 bridgehead atoms. The Morgan fingerprint density at radius 2 is 1.97 bits per heavy atom. The Bertz CT molecular complexity index is 1150. The van der Waals surface area contributed by atoms with Crippen LogP contribution in [0.15, 0.2) is 35.6 Å². The van der Waals surface area contributed by atoms with Gasteiger partial charge < -0.3 is 14.7 Å². The van der Waals surface area contributed by atoms with E-state index in [0.29, 0.717) is 41.8 Å². The van der Waals surface area contributed by atoms with E-state index in [-0.39, 0.29) is 23.4 Å². The SMILES string of the molecule is Cc1nc(C)c(C(=O)C2=C(O)C(=O)N(CCCN3CCOCC3)C2c2ccccc2[N+](=O)[O-])s1. The van der Waals surface area contributed by atoms with Crippen LogP contribution in [0.5, 0.6) is 0 Å². The largest absolute Gasteiger partial charge is 0.503 e. The number of amides is 1. The van der Waals surface area contributed by atoms with Crippen molar-refractivity contribution in [3.63, 3.8) is 0 Å². The van der Waals surface area contributed by atoms with E-state index >= 15 is 0 Å². The zero-order valence-electron chi connectivity index (χ0n) is 19.0. The molecular weight excluding hydrogens is 460 g/mol. The fourth-order valence-corrected chi connectivity index (χ4v) is 5.35. The number of hydrogen-bond acceptors (Lipinski definition) is 9. The third kappa shape index (κ3) is 4.59. The van der Waals surface area contributed by atoms with Crippen LogP contribution in [0.3, 0.4) is 0 Å². The molecule has 180 valence electrons. The quantitative estimate of drug-likeness (QED) is 0.343. The van der Waals surface area contributed by atoms with E-state index in [2.05, 4.69) is 9.88 Å². The second-order valence-electron chi connectivity index (χ2n) is 8.26. The summed E-state index contributed by atoms with van der Waals surface area (Å²) in [6.45, 7) is 7.26. The molecule has 11 heteroatoms. The van der Waals surface area contributed by atoms with Crippen LogP contribution in [-0.4, -0.2) is 75.9 Å². The molecule has 1 saturated heterocycles. The van der Waals surface area contributed by atoms with Crippen molar-refractivity contribution in [1.82, 2.24) is 14.8 Å². The predicted octanol–water partition coefficient (Wildman–Crippen LogP) is 2.97. The smallest absolute Gasteiger partial charge is 0.290 e. The van der Waals surface area contributed by atoms with Gasteiger partial charge >= 0.3 is 0 Å². The van der Waals surface area contributed by atoms with Crippen LogP contribution in [0, 0.1) is 24.0 Å². The first-order chi connectivity index (χ1) is 16.3. The van der Waals surface area contributed by atoms with E-state index in [1.165, 1.54) is 34.4 Å². The number of aryl methyl sites for hydroxylation is 2. The fraction of sp³-hybridized carbons (Fsp3) is 0.435. The molecule has 2 aliphatic rings. The first-order valence-corrected chi connectivity index (χ1v) is 11.9. The normalized spacial score (nSPS) is 19.2. The van der Waals surface area contributed by atoms with Gasteiger partial charge in [0.15, 0.2) is 5.76 Å². The van der Waals surface area contributed by atoms with Gasteiger partial charge in [0.05, 0.1) is 50.9 Å². The van der Waals surface area contributed by atoms with Crippen molar-refractivity contribution in [2.75, 3.05) is 39.4 Å². The Hall–Kier alpha value is -3.15. The van der Waals surface area contributed by atoms with Crippen molar-refractivity contribution in [3.05, 3.63) is 66.9 Å². The standard InChI is InChI=1S/C23H26N4O6S/c1-14-22(34-15(2)24-14)20(28)18-19(16-6-3-4-7-17(16)27(31)32)26(23(30)21(18)29)9-5-8-25-10-12-33-13-11-25/h3-4,6-7,19,29H,5,8-13H2,1-2H3. The summed E-state index contributed by atoms with van der Waals surface area (Å²) in [5.41, 5.74) is 0.332. The lowest BCUT2D eigenvalue weighted by atomic mass is 9.93. The van der Waals surface area contributed by atoms with E-state index in [4.69, 9.17) is 4.74 Å². The Morgan fingerprint density at radius 3 is 2.62 bits per heavy atom. The summed E-state index contributed by atoms with van der Waals surface area (Å²) in [6.07, 6.45) is 0.580. The van der Waals surface area contributed by atoms with Gasteiger partial charge in [0.2, 0.25) is 5.78 Å². The van der Waals surface area contributed by atoms with E-state index in [1.54, 1.807) is 19.9 Å². The van der Waals surface area contributed by atoms with Gasteiger partial charge in [-0.3, -0.25) is 24.6 Å². The minimum absolute atomic E-state index is 0.141. The molecule has 1 atom stereocenters. The van der Waals surface area contributed by atoms with Crippen molar-refractivity contribution in [2.24, 2.45) is 0 Å². The molecule has 2 aliphatic heterocycles. The van der Waals surface area contributed by atoms with Gasteiger partial charge in [-0.25, -0.2) is 4.98 Å². The topological polar surface area (TPSA) is 126 Å². The van der Waals surface area contributed by atoms with Crippen LogP contribution in [0.2, 0.25) is 0 Å². The van der Waals surface area contributed by atoms with Crippen LogP contribution >= 0.6 is 11.3 Å². The summed E-state index contributed by atoms with van der Waals surface area (Å²) in [4.78, 5) is 46.1. The summed E-state index contributed by atoms with van der Waals surface area (Å²) >= 11 is 1.17. The van der Waals surface area contributed by atoms with E-state index in [0.717, 1.165) is 13.1 Å². The van der Waals surface area contributed by atoms with E-state index < -0.39 is 28.4 Å². The Balaban J connectivity index is 1.70. The minimum atomic E-state index is -1.06. The number of aromatic nitrogens is 1. The number of nitrogens with zero attached hydrogens (tertiary/aromatic N) is 4.